The van der Waals surface area contributed by atoms with E-state index in [1.807, 2.05) is 13.1 Å². The molecule has 2 N–H and O–H groups in total. The van der Waals surface area contributed by atoms with E-state index >= 15 is 0 Å². The van der Waals surface area contributed by atoms with E-state index in [1.54, 1.807) is 0 Å². The van der Waals surface area contributed by atoms with E-state index in [0.29, 0.717) is 12.8 Å². The molecule has 1 saturated heterocycles. The smallest absolute Gasteiger partial charge is 0.252 e. The van der Waals surface area contributed by atoms with E-state index in [4.69, 9.17) is 0 Å². The summed E-state index contributed by atoms with van der Waals surface area (Å²) in [6.07, 6.45) is 8.41. The van der Waals surface area contributed by atoms with E-state index in [1.165, 1.54) is 0 Å². The van der Waals surface area contributed by atoms with Gasteiger partial charge in [-0.05, 0) is 39.2 Å². The Balaban J connectivity index is 1.90. The van der Waals surface area contributed by atoms with Gasteiger partial charge >= 0.3 is 0 Å². The van der Waals surface area contributed by atoms with Gasteiger partial charge in [0.15, 0.2) is 0 Å². The van der Waals surface area contributed by atoms with Gasteiger partial charge in [-0.1, -0.05) is 12.2 Å². The fraction of sp³-hybridized carbons (Fsp3) is 0.769. The number of likely N-dealkylation sites (tertiary alicyclic amines) is 1. The number of allylic oxidation sites excluding steroid dienone is 1. The summed E-state index contributed by atoms with van der Waals surface area (Å²) in [5.41, 5.74) is -1.15. The van der Waals surface area contributed by atoms with Crippen LogP contribution in [0.25, 0.3) is 0 Å². The normalized spacial score (nSPS) is 28.9. The summed E-state index contributed by atoms with van der Waals surface area (Å²) in [5, 5.41) is 13.3. The van der Waals surface area contributed by atoms with Gasteiger partial charge in [0.05, 0.1) is 0 Å². The predicted octanol–water partition coefficient (Wildman–Crippen LogP) is 0.668. The molecule has 1 aliphatic carbocycles. The summed E-state index contributed by atoms with van der Waals surface area (Å²) in [6.45, 7) is 1.56. The van der Waals surface area contributed by atoms with Crippen molar-refractivity contribution in [3.05, 3.63) is 12.2 Å². The summed E-state index contributed by atoms with van der Waals surface area (Å²) in [6, 6.07) is 0.111. The molecule has 4 heteroatoms. The maximum Gasteiger partial charge on any atom is 0.252 e. The van der Waals surface area contributed by atoms with Crippen molar-refractivity contribution in [2.75, 3.05) is 20.1 Å². The first-order valence-corrected chi connectivity index (χ1v) is 6.49. The van der Waals surface area contributed by atoms with Crippen LogP contribution in [0.3, 0.4) is 0 Å². The van der Waals surface area contributed by atoms with Crippen molar-refractivity contribution in [3.63, 3.8) is 0 Å². The molecule has 1 heterocycles. The van der Waals surface area contributed by atoms with E-state index in [2.05, 4.69) is 16.3 Å². The highest BCUT2D eigenvalue weighted by atomic mass is 16.3. The Bertz CT molecular complexity index is 307. The minimum atomic E-state index is -1.15. The van der Waals surface area contributed by atoms with Crippen LogP contribution in [-0.2, 0) is 4.79 Å². The third-order valence-corrected chi connectivity index (χ3v) is 3.81. The topological polar surface area (TPSA) is 52.6 Å². The minimum Gasteiger partial charge on any atom is -0.380 e. The minimum absolute atomic E-state index is 0.111. The van der Waals surface area contributed by atoms with Gasteiger partial charge in [0, 0.05) is 19.1 Å². The van der Waals surface area contributed by atoms with Gasteiger partial charge < -0.3 is 15.3 Å². The van der Waals surface area contributed by atoms with E-state index in [-0.39, 0.29) is 11.9 Å². The second-order valence-corrected chi connectivity index (χ2v) is 5.27. The number of carbonyl (C=O) groups is 1. The summed E-state index contributed by atoms with van der Waals surface area (Å²) >= 11 is 0. The number of nitrogens with zero attached hydrogens (tertiary/aromatic N) is 1. The highest BCUT2D eigenvalue weighted by Crippen LogP contribution is 2.22. The molecule has 0 radical (unpaired) electrons. The van der Waals surface area contributed by atoms with Crippen LogP contribution < -0.4 is 5.32 Å². The number of aliphatic hydroxyl groups is 1. The summed E-state index contributed by atoms with van der Waals surface area (Å²) in [5.74, 6) is -0.192. The molecule has 1 amide bonds. The van der Waals surface area contributed by atoms with Crippen LogP contribution in [0.4, 0.5) is 0 Å². The lowest BCUT2D eigenvalue weighted by Crippen LogP contribution is -2.55. The summed E-state index contributed by atoms with van der Waals surface area (Å²) in [7, 11) is 2.02. The van der Waals surface area contributed by atoms with Gasteiger partial charge in [-0.25, -0.2) is 0 Å². The molecule has 0 aromatic carbocycles. The van der Waals surface area contributed by atoms with Crippen molar-refractivity contribution < 1.29 is 9.90 Å². The molecule has 1 fully saturated rings. The first-order chi connectivity index (χ1) is 8.10. The zero-order valence-electron chi connectivity index (χ0n) is 10.5. The average molecular weight is 238 g/mol. The van der Waals surface area contributed by atoms with E-state index in [9.17, 15) is 9.90 Å². The number of piperidine rings is 1. The molecule has 0 aromatic rings. The second kappa shape index (κ2) is 5.19. The number of hydrogen-bond donors (Lipinski definition) is 2. The second-order valence-electron chi connectivity index (χ2n) is 5.27. The lowest BCUT2D eigenvalue weighted by atomic mass is 9.90. The van der Waals surface area contributed by atoms with Gasteiger partial charge in [-0.2, -0.15) is 0 Å². The van der Waals surface area contributed by atoms with Gasteiger partial charge in [0.2, 0.25) is 0 Å². The molecular weight excluding hydrogens is 216 g/mol. The maximum absolute atomic E-state index is 12.1. The van der Waals surface area contributed by atoms with Gasteiger partial charge in [-0.15, -0.1) is 0 Å². The number of carbonyl (C=O) groups excluding carboxylic acids is 1. The standard InChI is InChI=1S/C13H22N2O2/c1-15-9-7-13(17,8-10-15)12(16)14-11-5-3-2-4-6-11/h3,5,11,17H,2,4,6-10H2,1H3,(H,14,16). The zero-order chi connectivity index (χ0) is 12.3. The predicted molar refractivity (Wildman–Crippen MR) is 66.6 cm³/mol. The van der Waals surface area contributed by atoms with Gasteiger partial charge in [0.1, 0.15) is 5.60 Å². The Morgan fingerprint density at radius 1 is 1.47 bits per heavy atom. The Labute approximate surface area is 103 Å². The van der Waals surface area contributed by atoms with Crippen LogP contribution >= 0.6 is 0 Å². The molecule has 0 saturated carbocycles. The zero-order valence-corrected chi connectivity index (χ0v) is 10.5. The molecular formula is C13H22N2O2. The van der Waals surface area contributed by atoms with E-state index in [0.717, 1.165) is 32.4 Å². The molecule has 0 spiro atoms. The molecule has 0 aromatic heterocycles. The lowest BCUT2D eigenvalue weighted by molar-refractivity contribution is -0.144. The van der Waals surface area contributed by atoms with Crippen molar-refractivity contribution in [1.29, 1.82) is 0 Å². The third-order valence-electron chi connectivity index (χ3n) is 3.81. The maximum atomic E-state index is 12.1. The van der Waals surface area contributed by atoms with Crippen molar-refractivity contribution in [2.45, 2.75) is 43.7 Å². The van der Waals surface area contributed by atoms with Crippen molar-refractivity contribution in [2.24, 2.45) is 0 Å². The largest absolute Gasteiger partial charge is 0.380 e. The van der Waals surface area contributed by atoms with Crippen molar-refractivity contribution >= 4 is 5.91 Å². The monoisotopic (exact) mass is 238 g/mol. The fourth-order valence-corrected chi connectivity index (χ4v) is 2.45. The highest BCUT2D eigenvalue weighted by Gasteiger charge is 2.39. The average Bonchev–Trinajstić information content (AvgIpc) is 2.34. The molecule has 1 aliphatic heterocycles. The highest BCUT2D eigenvalue weighted by molar-refractivity contribution is 5.85. The third kappa shape index (κ3) is 3.07. The SMILES string of the molecule is CN1CCC(O)(C(=O)NC2C=CCCC2)CC1. The molecule has 17 heavy (non-hydrogen) atoms. The van der Waals surface area contributed by atoms with Crippen LogP contribution in [0.1, 0.15) is 32.1 Å². The number of nitrogens with one attached hydrogen (secondary N) is 1. The molecule has 96 valence electrons. The molecule has 2 rings (SSSR count). The van der Waals surface area contributed by atoms with Crippen LogP contribution in [0.2, 0.25) is 0 Å². The quantitative estimate of drug-likeness (QED) is 0.695. The molecule has 1 atom stereocenters. The number of hydrogen-bond acceptors (Lipinski definition) is 3. The van der Waals surface area contributed by atoms with Crippen LogP contribution in [0.15, 0.2) is 12.2 Å². The van der Waals surface area contributed by atoms with Crippen molar-refractivity contribution in [3.8, 4) is 0 Å². The summed E-state index contributed by atoms with van der Waals surface area (Å²) < 4.78 is 0. The number of rotatable bonds is 2. The Morgan fingerprint density at radius 2 is 2.18 bits per heavy atom. The Kier molecular flexibility index (Phi) is 3.84. The van der Waals surface area contributed by atoms with Gasteiger partial charge in [0.25, 0.3) is 5.91 Å². The van der Waals surface area contributed by atoms with Crippen molar-refractivity contribution in [1.82, 2.24) is 10.2 Å². The molecule has 1 unspecified atom stereocenters. The Morgan fingerprint density at radius 3 is 2.76 bits per heavy atom. The number of amides is 1. The lowest BCUT2D eigenvalue weighted by Gasteiger charge is -2.36. The van der Waals surface area contributed by atoms with Crippen LogP contribution in [0.5, 0.6) is 0 Å². The van der Waals surface area contributed by atoms with Crippen LogP contribution in [0, 0.1) is 0 Å². The fourth-order valence-electron chi connectivity index (χ4n) is 2.45. The molecule has 2 aliphatic rings. The van der Waals surface area contributed by atoms with E-state index < -0.39 is 5.60 Å². The molecule has 0 bridgehead atoms. The van der Waals surface area contributed by atoms with Gasteiger partial charge in [-0.3, -0.25) is 4.79 Å². The van der Waals surface area contributed by atoms with Crippen LogP contribution in [-0.4, -0.2) is 47.7 Å². The summed E-state index contributed by atoms with van der Waals surface area (Å²) in [4.78, 5) is 14.2. The Hall–Kier alpha value is -0.870. The molecule has 4 nitrogen and oxygen atoms in total. The first-order valence-electron chi connectivity index (χ1n) is 6.49. The first kappa shape index (κ1) is 12.6.